The van der Waals surface area contributed by atoms with Crippen LogP contribution >= 0.6 is 0 Å². The van der Waals surface area contributed by atoms with E-state index in [1.165, 1.54) is 31.2 Å². The Morgan fingerprint density at radius 3 is 2.39 bits per heavy atom. The zero-order valence-electron chi connectivity index (χ0n) is 11.7. The zero-order valence-corrected chi connectivity index (χ0v) is 11.7. The van der Waals surface area contributed by atoms with Gasteiger partial charge in [-0.25, -0.2) is 0 Å². The lowest BCUT2D eigenvalue weighted by Crippen LogP contribution is -2.51. The van der Waals surface area contributed by atoms with Crippen LogP contribution in [-0.2, 0) is 6.54 Å². The maximum absolute atomic E-state index is 3.73. The average molecular weight is 246 g/mol. The molecule has 18 heavy (non-hydrogen) atoms. The molecule has 0 aromatic heterocycles. The Hall–Kier alpha value is -0.860. The molecule has 2 rings (SSSR count). The third kappa shape index (κ3) is 4.11. The summed E-state index contributed by atoms with van der Waals surface area (Å²) >= 11 is 0. The van der Waals surface area contributed by atoms with Crippen LogP contribution in [0.1, 0.15) is 45.1 Å². The van der Waals surface area contributed by atoms with Gasteiger partial charge in [0.1, 0.15) is 0 Å². The van der Waals surface area contributed by atoms with Gasteiger partial charge in [-0.05, 0) is 18.4 Å². The van der Waals surface area contributed by atoms with Crippen LogP contribution in [-0.4, -0.2) is 18.1 Å². The second-order valence-electron chi connectivity index (χ2n) is 5.69. The van der Waals surface area contributed by atoms with Crippen LogP contribution in [0.4, 0.5) is 0 Å². The van der Waals surface area contributed by atoms with Crippen LogP contribution in [0, 0.1) is 0 Å². The largest absolute Gasteiger partial charge is 0.310 e. The fraction of sp³-hybridized carbons (Fsp3) is 0.625. The highest BCUT2D eigenvalue weighted by molar-refractivity contribution is 5.14. The number of nitrogens with one attached hydrogen (secondary N) is 2. The highest BCUT2D eigenvalue weighted by Gasteiger charge is 2.24. The number of hydrogen-bond donors (Lipinski definition) is 2. The van der Waals surface area contributed by atoms with Crippen molar-refractivity contribution in [3.8, 4) is 0 Å². The lowest BCUT2D eigenvalue weighted by Gasteiger charge is -2.34. The fourth-order valence-corrected chi connectivity index (χ4v) is 2.85. The van der Waals surface area contributed by atoms with Crippen LogP contribution in [0.5, 0.6) is 0 Å². The van der Waals surface area contributed by atoms with E-state index in [1.54, 1.807) is 0 Å². The van der Waals surface area contributed by atoms with E-state index in [4.69, 9.17) is 0 Å². The molecule has 2 atom stereocenters. The molecule has 100 valence electrons. The minimum Gasteiger partial charge on any atom is -0.310 e. The highest BCUT2D eigenvalue weighted by atomic mass is 15.0. The first-order valence-corrected chi connectivity index (χ1v) is 7.29. The molecule has 1 saturated carbocycles. The molecule has 1 aromatic carbocycles. The third-order valence-corrected chi connectivity index (χ3v) is 3.72. The summed E-state index contributed by atoms with van der Waals surface area (Å²) in [5.74, 6) is 0. The van der Waals surface area contributed by atoms with E-state index in [0.29, 0.717) is 18.1 Å². The summed E-state index contributed by atoms with van der Waals surface area (Å²) in [7, 11) is 0. The molecule has 1 aromatic rings. The van der Waals surface area contributed by atoms with Crippen LogP contribution in [0.3, 0.4) is 0 Å². The maximum Gasteiger partial charge on any atom is 0.0224 e. The number of rotatable bonds is 5. The molecular formula is C16H26N2. The Kier molecular flexibility index (Phi) is 5.21. The molecular weight excluding hydrogens is 220 g/mol. The van der Waals surface area contributed by atoms with Gasteiger partial charge < -0.3 is 10.6 Å². The smallest absolute Gasteiger partial charge is 0.0224 e. The van der Waals surface area contributed by atoms with E-state index in [0.717, 1.165) is 6.54 Å². The average Bonchev–Trinajstić information content (AvgIpc) is 2.38. The molecule has 0 bridgehead atoms. The van der Waals surface area contributed by atoms with Crippen molar-refractivity contribution in [2.45, 2.75) is 64.2 Å². The summed E-state index contributed by atoms with van der Waals surface area (Å²) in [6.07, 6.45) is 5.35. The van der Waals surface area contributed by atoms with Crippen molar-refractivity contribution in [1.82, 2.24) is 10.6 Å². The van der Waals surface area contributed by atoms with Crippen LogP contribution in [0.15, 0.2) is 30.3 Å². The molecule has 0 amide bonds. The van der Waals surface area contributed by atoms with Gasteiger partial charge in [-0.3, -0.25) is 0 Å². The lowest BCUT2D eigenvalue weighted by molar-refractivity contribution is 0.270. The Labute approximate surface area is 111 Å². The van der Waals surface area contributed by atoms with E-state index < -0.39 is 0 Å². The first-order valence-electron chi connectivity index (χ1n) is 7.29. The SMILES string of the molecule is CC(C)N[C@H]1CCCC[C@@H]1NCc1ccccc1. The zero-order chi connectivity index (χ0) is 12.8. The van der Waals surface area contributed by atoms with Gasteiger partial charge in [-0.1, -0.05) is 57.0 Å². The molecule has 0 aliphatic heterocycles. The quantitative estimate of drug-likeness (QED) is 0.834. The Balaban J connectivity index is 1.85. The van der Waals surface area contributed by atoms with Crippen molar-refractivity contribution >= 4 is 0 Å². The van der Waals surface area contributed by atoms with Gasteiger partial charge in [0.05, 0.1) is 0 Å². The lowest BCUT2D eigenvalue weighted by atomic mass is 9.89. The minimum absolute atomic E-state index is 0.578. The van der Waals surface area contributed by atoms with Gasteiger partial charge in [-0.15, -0.1) is 0 Å². The predicted molar refractivity (Wildman–Crippen MR) is 77.6 cm³/mol. The monoisotopic (exact) mass is 246 g/mol. The van der Waals surface area contributed by atoms with Gasteiger partial charge in [-0.2, -0.15) is 0 Å². The van der Waals surface area contributed by atoms with E-state index >= 15 is 0 Å². The van der Waals surface area contributed by atoms with Crippen molar-refractivity contribution in [2.24, 2.45) is 0 Å². The molecule has 0 radical (unpaired) electrons. The molecule has 0 unspecified atom stereocenters. The van der Waals surface area contributed by atoms with E-state index in [-0.39, 0.29) is 0 Å². The second-order valence-corrected chi connectivity index (χ2v) is 5.69. The molecule has 0 saturated heterocycles. The van der Waals surface area contributed by atoms with Gasteiger partial charge in [0.2, 0.25) is 0 Å². The summed E-state index contributed by atoms with van der Waals surface area (Å²) in [4.78, 5) is 0. The van der Waals surface area contributed by atoms with Crippen molar-refractivity contribution in [1.29, 1.82) is 0 Å². The van der Waals surface area contributed by atoms with Crippen molar-refractivity contribution in [3.05, 3.63) is 35.9 Å². The molecule has 2 nitrogen and oxygen atoms in total. The van der Waals surface area contributed by atoms with E-state index in [1.807, 2.05) is 0 Å². The molecule has 1 aliphatic rings. The van der Waals surface area contributed by atoms with Crippen molar-refractivity contribution in [2.75, 3.05) is 0 Å². The Morgan fingerprint density at radius 1 is 1.06 bits per heavy atom. The normalized spacial score (nSPS) is 24.4. The van der Waals surface area contributed by atoms with Crippen molar-refractivity contribution < 1.29 is 0 Å². The maximum atomic E-state index is 3.73. The summed E-state index contributed by atoms with van der Waals surface area (Å²) in [6.45, 7) is 5.47. The summed E-state index contributed by atoms with van der Waals surface area (Å²) in [5.41, 5.74) is 1.38. The van der Waals surface area contributed by atoms with Crippen molar-refractivity contribution in [3.63, 3.8) is 0 Å². The van der Waals surface area contributed by atoms with Gasteiger partial charge >= 0.3 is 0 Å². The molecule has 2 heteroatoms. The molecule has 2 N–H and O–H groups in total. The number of hydrogen-bond acceptors (Lipinski definition) is 2. The van der Waals surface area contributed by atoms with Gasteiger partial charge in [0, 0.05) is 24.7 Å². The van der Waals surface area contributed by atoms with E-state index in [2.05, 4.69) is 54.8 Å². The molecule has 1 fully saturated rings. The van der Waals surface area contributed by atoms with Crippen LogP contribution in [0.25, 0.3) is 0 Å². The molecule has 0 spiro atoms. The summed E-state index contributed by atoms with van der Waals surface area (Å²) < 4.78 is 0. The molecule has 0 heterocycles. The summed E-state index contributed by atoms with van der Waals surface area (Å²) in [6, 6.07) is 12.5. The van der Waals surface area contributed by atoms with E-state index in [9.17, 15) is 0 Å². The number of benzene rings is 1. The van der Waals surface area contributed by atoms with Gasteiger partial charge in [0.15, 0.2) is 0 Å². The fourth-order valence-electron chi connectivity index (χ4n) is 2.85. The first-order chi connectivity index (χ1) is 8.75. The topological polar surface area (TPSA) is 24.1 Å². The molecule has 1 aliphatic carbocycles. The Morgan fingerprint density at radius 2 is 1.72 bits per heavy atom. The predicted octanol–water partition coefficient (Wildman–Crippen LogP) is 3.09. The van der Waals surface area contributed by atoms with Crippen LogP contribution < -0.4 is 10.6 Å². The van der Waals surface area contributed by atoms with Crippen LogP contribution in [0.2, 0.25) is 0 Å². The third-order valence-electron chi connectivity index (χ3n) is 3.72. The Bertz CT molecular complexity index is 334. The highest BCUT2D eigenvalue weighted by Crippen LogP contribution is 2.19. The first kappa shape index (κ1) is 13.6. The summed E-state index contributed by atoms with van der Waals surface area (Å²) in [5, 5.41) is 7.44. The van der Waals surface area contributed by atoms with Gasteiger partial charge in [0.25, 0.3) is 0 Å². The minimum atomic E-state index is 0.578. The standard InChI is InChI=1S/C16H26N2/c1-13(2)18-16-11-7-6-10-15(16)17-12-14-8-4-3-5-9-14/h3-5,8-9,13,15-18H,6-7,10-12H2,1-2H3/t15-,16-/m0/s1. The second kappa shape index (κ2) is 6.91.